The van der Waals surface area contributed by atoms with Crippen LogP contribution < -0.4 is 0 Å². The standard InChI is InChI=1S/C8H18O2.2C6H8O7/c1-3-5-6-8(10,4-2)7-9;2*7-3(8)1-6(13,5(11)12)2-4(9)10/h9-10H,3-7H2,1-2H3;2*13H,1-2H2,(H,7,8)(H,9,10)(H,11,12). The summed E-state index contributed by atoms with van der Waals surface area (Å²) in [4.78, 5) is 61.0. The van der Waals surface area contributed by atoms with Crippen LogP contribution in [-0.4, -0.2) is 110 Å². The van der Waals surface area contributed by atoms with E-state index in [1.807, 2.05) is 6.92 Å². The fourth-order valence-electron chi connectivity index (χ4n) is 2.30. The molecule has 0 aromatic rings. The van der Waals surface area contributed by atoms with Gasteiger partial charge in [-0.05, 0) is 12.8 Å². The fraction of sp³-hybridized carbons (Fsp3) is 0.700. The Morgan fingerprint density at radius 2 is 0.861 bits per heavy atom. The van der Waals surface area contributed by atoms with Crippen molar-refractivity contribution in [2.24, 2.45) is 0 Å². The van der Waals surface area contributed by atoms with Crippen molar-refractivity contribution in [2.75, 3.05) is 6.61 Å². The Kier molecular flexibility index (Phi) is 17.7. The lowest BCUT2D eigenvalue weighted by Gasteiger charge is -2.23. The van der Waals surface area contributed by atoms with E-state index in [0.29, 0.717) is 6.42 Å². The molecular weight excluding hydrogens is 496 g/mol. The molecule has 36 heavy (non-hydrogen) atoms. The van der Waals surface area contributed by atoms with Crippen molar-refractivity contribution in [3.05, 3.63) is 0 Å². The summed E-state index contributed by atoms with van der Waals surface area (Å²) in [7, 11) is 0. The second-order valence-electron chi connectivity index (χ2n) is 7.80. The zero-order chi connectivity index (χ0) is 29.3. The minimum absolute atomic E-state index is 0.108. The maximum atomic E-state index is 10.3. The third-order valence-corrected chi connectivity index (χ3v) is 4.52. The number of rotatable bonds is 15. The van der Waals surface area contributed by atoms with Gasteiger partial charge in [-0.3, -0.25) is 19.2 Å². The van der Waals surface area contributed by atoms with Gasteiger partial charge in [0.1, 0.15) is 0 Å². The molecule has 1 atom stereocenters. The van der Waals surface area contributed by atoms with Gasteiger partial charge in [-0.25, -0.2) is 9.59 Å². The molecule has 0 saturated carbocycles. The average Bonchev–Trinajstić information content (AvgIpc) is 2.70. The number of carboxylic acids is 6. The van der Waals surface area contributed by atoms with Crippen molar-refractivity contribution >= 4 is 35.8 Å². The number of hydrogen-bond donors (Lipinski definition) is 10. The molecule has 0 saturated heterocycles. The van der Waals surface area contributed by atoms with E-state index in [-0.39, 0.29) is 6.61 Å². The van der Waals surface area contributed by atoms with Crippen LogP contribution in [0.25, 0.3) is 0 Å². The molecule has 210 valence electrons. The SMILES string of the molecule is CCCCC(O)(CC)CO.O=C(O)CC(O)(CC(=O)O)C(=O)O.O=C(O)CC(O)(CC(=O)O)C(=O)O. The molecule has 16 nitrogen and oxygen atoms in total. The first-order valence-corrected chi connectivity index (χ1v) is 10.4. The summed E-state index contributed by atoms with van der Waals surface area (Å²) in [5.41, 5.74) is -6.29. The van der Waals surface area contributed by atoms with Crippen molar-refractivity contribution in [2.45, 2.75) is 82.0 Å². The second-order valence-corrected chi connectivity index (χ2v) is 7.80. The highest BCUT2D eigenvalue weighted by atomic mass is 16.4. The summed E-state index contributed by atoms with van der Waals surface area (Å²) in [6.45, 7) is 3.86. The Hall–Kier alpha value is -3.34. The van der Waals surface area contributed by atoms with Crippen LogP contribution in [-0.2, 0) is 28.8 Å². The molecule has 0 amide bonds. The van der Waals surface area contributed by atoms with Crippen LogP contribution in [0.4, 0.5) is 0 Å². The van der Waals surface area contributed by atoms with Gasteiger partial charge in [0.05, 0.1) is 37.9 Å². The van der Waals surface area contributed by atoms with Crippen LogP contribution in [0.1, 0.15) is 65.2 Å². The van der Waals surface area contributed by atoms with Crippen LogP contribution in [0, 0.1) is 0 Å². The predicted octanol–water partition coefficient (Wildman–Crippen LogP) is -1.19. The maximum Gasteiger partial charge on any atom is 0.336 e. The first-order chi connectivity index (χ1) is 16.2. The van der Waals surface area contributed by atoms with Crippen molar-refractivity contribution < 1.29 is 79.8 Å². The number of aliphatic hydroxyl groups is 4. The van der Waals surface area contributed by atoms with Gasteiger partial charge >= 0.3 is 35.8 Å². The monoisotopic (exact) mass is 530 g/mol. The smallest absolute Gasteiger partial charge is 0.336 e. The van der Waals surface area contributed by atoms with Crippen molar-refractivity contribution in [1.82, 2.24) is 0 Å². The molecule has 0 aliphatic rings. The van der Waals surface area contributed by atoms with Gasteiger partial charge in [-0.2, -0.15) is 0 Å². The third-order valence-electron chi connectivity index (χ3n) is 4.52. The number of carboxylic acid groups (broad SMARTS) is 6. The zero-order valence-corrected chi connectivity index (χ0v) is 19.8. The molecule has 1 unspecified atom stereocenters. The number of aliphatic carboxylic acids is 6. The molecule has 16 heteroatoms. The second kappa shape index (κ2) is 17.1. The quantitative estimate of drug-likeness (QED) is 0.119. The lowest BCUT2D eigenvalue weighted by molar-refractivity contribution is -0.170. The Bertz CT molecular complexity index is 671. The lowest BCUT2D eigenvalue weighted by Crippen LogP contribution is -2.42. The molecule has 0 spiro atoms. The van der Waals surface area contributed by atoms with Crippen molar-refractivity contribution in [3.8, 4) is 0 Å². The largest absolute Gasteiger partial charge is 0.481 e. The summed E-state index contributed by atoms with van der Waals surface area (Å²) >= 11 is 0. The molecule has 0 aromatic carbocycles. The van der Waals surface area contributed by atoms with E-state index < -0.39 is 78.3 Å². The summed E-state index contributed by atoms with van der Waals surface area (Å²) in [6, 6.07) is 0. The highest BCUT2D eigenvalue weighted by molar-refractivity contribution is 5.88. The lowest BCUT2D eigenvalue weighted by atomic mass is 9.95. The van der Waals surface area contributed by atoms with E-state index in [1.54, 1.807) is 0 Å². The van der Waals surface area contributed by atoms with Gasteiger partial charge in [0.25, 0.3) is 0 Å². The van der Waals surface area contributed by atoms with Gasteiger partial charge in [-0.15, -0.1) is 0 Å². The number of carbonyl (C=O) groups is 6. The molecule has 0 aliphatic heterocycles. The van der Waals surface area contributed by atoms with E-state index in [9.17, 15) is 33.9 Å². The molecule has 0 rings (SSSR count). The predicted molar refractivity (Wildman–Crippen MR) is 116 cm³/mol. The third kappa shape index (κ3) is 17.1. The van der Waals surface area contributed by atoms with Crippen LogP contribution in [0.2, 0.25) is 0 Å². The van der Waals surface area contributed by atoms with Gasteiger partial charge in [-0.1, -0.05) is 26.7 Å². The first-order valence-electron chi connectivity index (χ1n) is 10.4. The number of unbranched alkanes of at least 4 members (excludes halogenated alkanes) is 1. The molecule has 0 radical (unpaired) electrons. The number of hydrogen-bond acceptors (Lipinski definition) is 10. The van der Waals surface area contributed by atoms with Crippen LogP contribution in [0.3, 0.4) is 0 Å². The molecule has 0 aromatic heterocycles. The summed E-state index contributed by atoms with van der Waals surface area (Å²) in [5.74, 6) is -10.0. The highest BCUT2D eigenvalue weighted by Crippen LogP contribution is 2.17. The first kappa shape index (κ1) is 37.2. The molecule has 0 heterocycles. The number of aliphatic hydroxyl groups excluding tert-OH is 1. The Labute approximate surface area is 205 Å². The van der Waals surface area contributed by atoms with Gasteiger partial charge in [0, 0.05) is 0 Å². The molecule has 10 N–H and O–H groups in total. The van der Waals surface area contributed by atoms with E-state index in [4.69, 9.17) is 46.0 Å². The summed E-state index contributed by atoms with van der Waals surface area (Å²) in [6.07, 6.45) is -1.15. The summed E-state index contributed by atoms with van der Waals surface area (Å²) < 4.78 is 0. The van der Waals surface area contributed by atoms with Crippen molar-refractivity contribution in [3.63, 3.8) is 0 Å². The van der Waals surface area contributed by atoms with E-state index in [1.165, 1.54) is 0 Å². The topological polar surface area (TPSA) is 305 Å². The van der Waals surface area contributed by atoms with E-state index in [0.717, 1.165) is 19.3 Å². The van der Waals surface area contributed by atoms with Crippen molar-refractivity contribution in [1.29, 1.82) is 0 Å². The van der Waals surface area contributed by atoms with E-state index >= 15 is 0 Å². The van der Waals surface area contributed by atoms with Crippen LogP contribution in [0.5, 0.6) is 0 Å². The Balaban J connectivity index is -0.000000459. The average molecular weight is 530 g/mol. The fourth-order valence-corrected chi connectivity index (χ4v) is 2.30. The van der Waals surface area contributed by atoms with Gasteiger partial charge in [0.2, 0.25) is 0 Å². The molecule has 0 fully saturated rings. The maximum absolute atomic E-state index is 10.3. The highest BCUT2D eigenvalue weighted by Gasteiger charge is 2.41. The minimum Gasteiger partial charge on any atom is -0.481 e. The normalized spacial score (nSPS) is 12.5. The molecule has 0 bridgehead atoms. The van der Waals surface area contributed by atoms with Gasteiger partial charge < -0.3 is 51.1 Å². The van der Waals surface area contributed by atoms with Crippen LogP contribution >= 0.6 is 0 Å². The summed E-state index contributed by atoms with van der Waals surface area (Å²) in [5, 5.41) is 85.9. The van der Waals surface area contributed by atoms with E-state index in [2.05, 4.69) is 6.92 Å². The molecule has 0 aliphatic carbocycles. The Morgan fingerprint density at radius 1 is 0.583 bits per heavy atom. The Morgan fingerprint density at radius 3 is 1.00 bits per heavy atom. The minimum atomic E-state index is -2.74. The van der Waals surface area contributed by atoms with Gasteiger partial charge in [0.15, 0.2) is 11.2 Å². The van der Waals surface area contributed by atoms with Crippen LogP contribution in [0.15, 0.2) is 0 Å². The molecular formula is C20H34O16. The zero-order valence-electron chi connectivity index (χ0n) is 19.8.